The van der Waals surface area contributed by atoms with Crippen molar-refractivity contribution in [3.8, 4) is 0 Å². The number of anilines is 1. The van der Waals surface area contributed by atoms with Crippen LogP contribution >= 0.6 is 0 Å². The van der Waals surface area contributed by atoms with Crippen molar-refractivity contribution in [1.29, 1.82) is 0 Å². The quantitative estimate of drug-likeness (QED) is 0.818. The summed E-state index contributed by atoms with van der Waals surface area (Å²) >= 11 is 0. The van der Waals surface area contributed by atoms with Crippen molar-refractivity contribution in [2.45, 2.75) is 18.9 Å². The topological polar surface area (TPSA) is 66.9 Å². The zero-order chi connectivity index (χ0) is 15.4. The Hall–Kier alpha value is -2.53. The number of quaternary nitrogens is 1. The number of hydrogen-bond acceptors (Lipinski definition) is 3. The molecule has 0 aliphatic carbocycles. The average molecular weight is 296 g/mol. The molecule has 0 saturated carbocycles. The SMILES string of the molecule is O=C1C[C@H]([NH2+]CCc2ccncc2)C(=O)N1c1ccccc1. The van der Waals surface area contributed by atoms with Crippen molar-refractivity contribution < 1.29 is 14.9 Å². The summed E-state index contributed by atoms with van der Waals surface area (Å²) in [6.07, 6.45) is 4.64. The van der Waals surface area contributed by atoms with Crippen molar-refractivity contribution in [3.05, 3.63) is 60.4 Å². The van der Waals surface area contributed by atoms with Gasteiger partial charge in [0.05, 0.1) is 18.7 Å². The Morgan fingerprint density at radius 2 is 1.82 bits per heavy atom. The summed E-state index contributed by atoms with van der Waals surface area (Å²) in [5.74, 6) is -0.243. The minimum Gasteiger partial charge on any atom is -0.335 e. The van der Waals surface area contributed by atoms with Crippen molar-refractivity contribution in [1.82, 2.24) is 4.98 Å². The summed E-state index contributed by atoms with van der Waals surface area (Å²) in [5.41, 5.74) is 1.84. The van der Waals surface area contributed by atoms with Crippen LogP contribution in [0.5, 0.6) is 0 Å². The smallest absolute Gasteiger partial charge is 0.292 e. The second-order valence-electron chi connectivity index (χ2n) is 5.34. The number of aromatic nitrogens is 1. The maximum absolute atomic E-state index is 12.4. The molecular weight excluding hydrogens is 278 g/mol. The van der Waals surface area contributed by atoms with Gasteiger partial charge in [-0.05, 0) is 29.8 Å². The Labute approximate surface area is 129 Å². The molecule has 2 amide bonds. The van der Waals surface area contributed by atoms with Gasteiger partial charge < -0.3 is 5.32 Å². The van der Waals surface area contributed by atoms with Gasteiger partial charge in [-0.2, -0.15) is 0 Å². The molecule has 1 aromatic carbocycles. The van der Waals surface area contributed by atoms with Gasteiger partial charge in [0.15, 0.2) is 6.04 Å². The zero-order valence-electron chi connectivity index (χ0n) is 12.2. The standard InChI is InChI=1S/C17H17N3O2/c21-16-12-15(19-11-8-13-6-9-18-10-7-13)17(22)20(16)14-4-2-1-3-5-14/h1-7,9-10,15,19H,8,11-12H2/p+1/t15-/m0/s1. The van der Waals surface area contributed by atoms with Crippen LogP contribution in [0.1, 0.15) is 12.0 Å². The lowest BCUT2D eigenvalue weighted by Gasteiger charge is -2.13. The van der Waals surface area contributed by atoms with Gasteiger partial charge in [0.2, 0.25) is 5.91 Å². The van der Waals surface area contributed by atoms with Crippen molar-refractivity contribution in [3.63, 3.8) is 0 Å². The van der Waals surface area contributed by atoms with Crippen molar-refractivity contribution in [2.24, 2.45) is 0 Å². The minimum absolute atomic E-state index is 0.120. The van der Waals surface area contributed by atoms with Crippen molar-refractivity contribution >= 4 is 17.5 Å². The van der Waals surface area contributed by atoms with Crippen LogP contribution in [-0.2, 0) is 16.0 Å². The molecule has 22 heavy (non-hydrogen) atoms. The molecule has 2 aromatic rings. The van der Waals surface area contributed by atoms with E-state index in [9.17, 15) is 9.59 Å². The van der Waals surface area contributed by atoms with Crippen LogP contribution in [0.3, 0.4) is 0 Å². The zero-order valence-corrected chi connectivity index (χ0v) is 12.2. The highest BCUT2D eigenvalue weighted by Gasteiger charge is 2.41. The Balaban J connectivity index is 1.60. The van der Waals surface area contributed by atoms with Gasteiger partial charge in [0.25, 0.3) is 5.91 Å². The van der Waals surface area contributed by atoms with Crippen molar-refractivity contribution in [2.75, 3.05) is 11.4 Å². The van der Waals surface area contributed by atoms with E-state index in [1.165, 1.54) is 10.5 Å². The fourth-order valence-corrected chi connectivity index (χ4v) is 2.69. The fraction of sp³-hybridized carbons (Fsp3) is 0.235. The molecule has 1 atom stereocenters. The highest BCUT2D eigenvalue weighted by atomic mass is 16.2. The molecule has 2 heterocycles. The van der Waals surface area contributed by atoms with Crippen LogP contribution in [-0.4, -0.2) is 29.4 Å². The number of benzene rings is 1. The van der Waals surface area contributed by atoms with E-state index >= 15 is 0 Å². The first-order valence-corrected chi connectivity index (χ1v) is 7.40. The van der Waals surface area contributed by atoms with Gasteiger partial charge in [-0.3, -0.25) is 14.6 Å². The molecule has 0 radical (unpaired) electrons. The lowest BCUT2D eigenvalue weighted by Crippen LogP contribution is -2.92. The summed E-state index contributed by atoms with van der Waals surface area (Å²) in [7, 11) is 0. The van der Waals surface area contributed by atoms with Gasteiger partial charge in [0, 0.05) is 18.8 Å². The lowest BCUT2D eigenvalue weighted by atomic mass is 10.2. The lowest BCUT2D eigenvalue weighted by molar-refractivity contribution is -0.674. The molecule has 1 aromatic heterocycles. The van der Waals surface area contributed by atoms with E-state index in [4.69, 9.17) is 0 Å². The number of imide groups is 1. The predicted octanol–water partition coefficient (Wildman–Crippen LogP) is 0.520. The number of nitrogens with two attached hydrogens (primary N) is 1. The molecule has 3 rings (SSSR count). The highest BCUT2D eigenvalue weighted by Crippen LogP contribution is 2.20. The maximum atomic E-state index is 12.4. The van der Waals surface area contributed by atoms with E-state index in [1.54, 1.807) is 24.5 Å². The van der Waals surface area contributed by atoms with Gasteiger partial charge >= 0.3 is 0 Å². The third kappa shape index (κ3) is 3.04. The van der Waals surface area contributed by atoms with E-state index in [-0.39, 0.29) is 24.3 Å². The summed E-state index contributed by atoms with van der Waals surface area (Å²) < 4.78 is 0. The first kappa shape index (κ1) is 14.4. The number of carbonyl (C=O) groups excluding carboxylic acids is 2. The number of carbonyl (C=O) groups is 2. The molecule has 1 saturated heterocycles. The number of pyridine rings is 1. The van der Waals surface area contributed by atoms with Gasteiger partial charge in [0.1, 0.15) is 0 Å². The average Bonchev–Trinajstić information content (AvgIpc) is 2.83. The molecular formula is C17H18N3O2+. The monoisotopic (exact) mass is 296 g/mol. The Morgan fingerprint density at radius 3 is 2.55 bits per heavy atom. The molecule has 0 unspecified atom stereocenters. The van der Waals surface area contributed by atoms with E-state index in [1.807, 2.05) is 35.6 Å². The predicted molar refractivity (Wildman–Crippen MR) is 82.1 cm³/mol. The molecule has 1 aliphatic heterocycles. The summed E-state index contributed by atoms with van der Waals surface area (Å²) in [6, 6.07) is 12.7. The second-order valence-corrected chi connectivity index (χ2v) is 5.34. The Kier molecular flexibility index (Phi) is 4.25. The molecule has 5 heteroatoms. The molecule has 112 valence electrons. The molecule has 5 nitrogen and oxygen atoms in total. The van der Waals surface area contributed by atoms with Gasteiger partial charge in [-0.25, -0.2) is 4.90 Å². The number of amides is 2. The van der Waals surface area contributed by atoms with Crippen LogP contribution in [0.25, 0.3) is 0 Å². The van der Waals surface area contributed by atoms with Crippen LogP contribution in [0.4, 0.5) is 5.69 Å². The minimum atomic E-state index is -0.311. The van der Waals surface area contributed by atoms with E-state index in [0.29, 0.717) is 5.69 Å². The van der Waals surface area contributed by atoms with Gasteiger partial charge in [-0.1, -0.05) is 18.2 Å². The van der Waals surface area contributed by atoms with E-state index in [0.717, 1.165) is 13.0 Å². The molecule has 0 bridgehead atoms. The molecule has 1 fully saturated rings. The first-order valence-electron chi connectivity index (χ1n) is 7.40. The first-order chi connectivity index (χ1) is 10.8. The maximum Gasteiger partial charge on any atom is 0.292 e. The number of rotatable bonds is 5. The highest BCUT2D eigenvalue weighted by molar-refractivity contribution is 6.21. The van der Waals surface area contributed by atoms with E-state index < -0.39 is 0 Å². The summed E-state index contributed by atoms with van der Waals surface area (Å²) in [4.78, 5) is 29.8. The Bertz CT molecular complexity index is 658. The third-order valence-electron chi connectivity index (χ3n) is 3.83. The summed E-state index contributed by atoms with van der Waals surface area (Å²) in [6.45, 7) is 0.774. The van der Waals surface area contributed by atoms with Crippen LogP contribution in [0.2, 0.25) is 0 Å². The molecule has 0 spiro atoms. The molecule has 1 aliphatic rings. The number of para-hydroxylation sites is 1. The number of nitrogens with zero attached hydrogens (tertiary/aromatic N) is 2. The van der Waals surface area contributed by atoms with E-state index in [2.05, 4.69) is 4.98 Å². The van der Waals surface area contributed by atoms with Crippen LogP contribution in [0.15, 0.2) is 54.9 Å². The summed E-state index contributed by atoms with van der Waals surface area (Å²) in [5, 5.41) is 1.96. The van der Waals surface area contributed by atoms with Crippen LogP contribution < -0.4 is 10.2 Å². The van der Waals surface area contributed by atoms with Gasteiger partial charge in [-0.15, -0.1) is 0 Å². The molecule has 2 N–H and O–H groups in total. The second kappa shape index (κ2) is 6.49. The largest absolute Gasteiger partial charge is 0.335 e. The Morgan fingerprint density at radius 1 is 1.09 bits per heavy atom. The third-order valence-corrected chi connectivity index (χ3v) is 3.83. The number of hydrogen-bond donors (Lipinski definition) is 1. The van der Waals surface area contributed by atoms with Crippen LogP contribution in [0, 0.1) is 0 Å². The normalized spacial score (nSPS) is 18.0. The fourth-order valence-electron chi connectivity index (χ4n) is 2.69.